The van der Waals surface area contributed by atoms with Gasteiger partial charge in [-0.2, -0.15) is 4.31 Å². The van der Waals surface area contributed by atoms with Crippen molar-refractivity contribution in [3.05, 3.63) is 59.7 Å². The molecule has 0 saturated heterocycles. The van der Waals surface area contributed by atoms with E-state index in [1.54, 1.807) is 24.3 Å². The van der Waals surface area contributed by atoms with Gasteiger partial charge in [0.25, 0.3) is 0 Å². The van der Waals surface area contributed by atoms with E-state index in [9.17, 15) is 13.2 Å². The second-order valence-electron chi connectivity index (χ2n) is 7.59. The van der Waals surface area contributed by atoms with E-state index in [0.717, 1.165) is 11.3 Å². The van der Waals surface area contributed by atoms with Gasteiger partial charge in [0.1, 0.15) is 0 Å². The van der Waals surface area contributed by atoms with Crippen molar-refractivity contribution in [2.45, 2.75) is 51.5 Å². The van der Waals surface area contributed by atoms with E-state index in [1.165, 1.54) is 9.87 Å². The van der Waals surface area contributed by atoms with E-state index in [1.807, 2.05) is 45.0 Å². The standard InChI is InChI=1S/C23H33N3O3S/c1-6-26(7-2)30(28,29)22-14-10-20(11-15-22)18(5)24-16-23(27)25-21-12-8-19(9-13-21)17(3)4/h8-15,17-18,24H,6-7,16H2,1-5H3,(H,25,27)/t18-/m1/s1. The monoisotopic (exact) mass is 431 g/mol. The third-order valence-electron chi connectivity index (χ3n) is 5.15. The molecule has 164 valence electrons. The number of rotatable bonds is 10. The maximum atomic E-state index is 12.6. The summed E-state index contributed by atoms with van der Waals surface area (Å²) in [5.41, 5.74) is 2.92. The SMILES string of the molecule is CCN(CC)S(=O)(=O)c1ccc([C@@H](C)NCC(=O)Nc2ccc(C(C)C)cc2)cc1. The van der Waals surface area contributed by atoms with Crippen LogP contribution >= 0.6 is 0 Å². The van der Waals surface area contributed by atoms with Gasteiger partial charge in [-0.15, -0.1) is 0 Å². The second-order valence-corrected chi connectivity index (χ2v) is 9.52. The van der Waals surface area contributed by atoms with Crippen LogP contribution in [0.3, 0.4) is 0 Å². The number of amides is 1. The molecule has 1 atom stereocenters. The average Bonchev–Trinajstić information content (AvgIpc) is 2.73. The Hall–Kier alpha value is -2.22. The van der Waals surface area contributed by atoms with Crippen LogP contribution in [0.4, 0.5) is 5.69 Å². The highest BCUT2D eigenvalue weighted by Crippen LogP contribution is 2.20. The molecule has 0 fully saturated rings. The minimum atomic E-state index is -3.46. The van der Waals surface area contributed by atoms with E-state index >= 15 is 0 Å². The molecule has 0 aliphatic rings. The smallest absolute Gasteiger partial charge is 0.243 e. The van der Waals surface area contributed by atoms with Crippen LogP contribution in [-0.4, -0.2) is 38.3 Å². The fraction of sp³-hybridized carbons (Fsp3) is 0.435. The van der Waals surface area contributed by atoms with Gasteiger partial charge in [-0.1, -0.05) is 52.0 Å². The minimum absolute atomic E-state index is 0.0933. The molecule has 0 heterocycles. The highest BCUT2D eigenvalue weighted by molar-refractivity contribution is 7.89. The first-order valence-electron chi connectivity index (χ1n) is 10.4. The summed E-state index contributed by atoms with van der Waals surface area (Å²) >= 11 is 0. The average molecular weight is 432 g/mol. The number of nitrogens with zero attached hydrogens (tertiary/aromatic N) is 1. The van der Waals surface area contributed by atoms with E-state index in [0.29, 0.717) is 19.0 Å². The molecular formula is C23H33N3O3S. The van der Waals surface area contributed by atoms with Crippen molar-refractivity contribution >= 4 is 21.6 Å². The van der Waals surface area contributed by atoms with Gasteiger partial charge in [0.15, 0.2) is 0 Å². The number of nitrogens with one attached hydrogen (secondary N) is 2. The molecule has 1 amide bonds. The molecule has 2 aromatic carbocycles. The van der Waals surface area contributed by atoms with Crippen molar-refractivity contribution < 1.29 is 13.2 Å². The number of benzene rings is 2. The summed E-state index contributed by atoms with van der Waals surface area (Å²) in [4.78, 5) is 12.5. The fourth-order valence-electron chi connectivity index (χ4n) is 3.16. The summed E-state index contributed by atoms with van der Waals surface area (Å²) in [5, 5.41) is 6.06. The molecule has 0 spiro atoms. The van der Waals surface area contributed by atoms with Crippen LogP contribution in [0.2, 0.25) is 0 Å². The van der Waals surface area contributed by atoms with Crippen molar-refractivity contribution in [3.8, 4) is 0 Å². The van der Waals surface area contributed by atoms with Crippen LogP contribution in [-0.2, 0) is 14.8 Å². The first-order valence-corrected chi connectivity index (χ1v) is 11.9. The Balaban J connectivity index is 1.93. The van der Waals surface area contributed by atoms with Gasteiger partial charge in [0.2, 0.25) is 15.9 Å². The van der Waals surface area contributed by atoms with Gasteiger partial charge in [-0.3, -0.25) is 4.79 Å². The molecule has 0 radical (unpaired) electrons. The molecule has 0 bridgehead atoms. The number of carbonyl (C=O) groups excluding carboxylic acids is 1. The number of hydrogen-bond acceptors (Lipinski definition) is 4. The number of carbonyl (C=O) groups is 1. The highest BCUT2D eigenvalue weighted by atomic mass is 32.2. The molecule has 2 N–H and O–H groups in total. The lowest BCUT2D eigenvalue weighted by molar-refractivity contribution is -0.115. The molecule has 30 heavy (non-hydrogen) atoms. The van der Waals surface area contributed by atoms with Crippen LogP contribution in [0, 0.1) is 0 Å². The van der Waals surface area contributed by atoms with Crippen LogP contribution in [0.5, 0.6) is 0 Å². The van der Waals surface area contributed by atoms with Gasteiger partial charge in [-0.25, -0.2) is 8.42 Å². The number of hydrogen-bond donors (Lipinski definition) is 2. The molecule has 0 aliphatic carbocycles. The summed E-state index contributed by atoms with van der Waals surface area (Å²) < 4.78 is 26.6. The van der Waals surface area contributed by atoms with Gasteiger partial charge >= 0.3 is 0 Å². The minimum Gasteiger partial charge on any atom is -0.325 e. The van der Waals surface area contributed by atoms with Crippen LogP contribution in [0.25, 0.3) is 0 Å². The zero-order valence-electron chi connectivity index (χ0n) is 18.5. The van der Waals surface area contributed by atoms with Gasteiger partial charge in [0.05, 0.1) is 11.4 Å². The third kappa shape index (κ3) is 6.14. The first kappa shape index (κ1) is 24.1. The number of sulfonamides is 1. The van der Waals surface area contributed by atoms with Crippen molar-refractivity contribution in [2.75, 3.05) is 25.0 Å². The summed E-state index contributed by atoms with van der Waals surface area (Å²) in [6.45, 7) is 10.9. The highest BCUT2D eigenvalue weighted by Gasteiger charge is 2.21. The zero-order valence-corrected chi connectivity index (χ0v) is 19.3. The molecule has 0 aliphatic heterocycles. The Labute approximate surface area is 180 Å². The summed E-state index contributed by atoms with van der Waals surface area (Å²) in [7, 11) is -3.46. The van der Waals surface area contributed by atoms with Crippen LogP contribution in [0.15, 0.2) is 53.4 Å². The van der Waals surface area contributed by atoms with E-state index in [-0.39, 0.29) is 23.4 Å². The van der Waals surface area contributed by atoms with Gasteiger partial charge < -0.3 is 10.6 Å². The molecule has 2 aromatic rings. The first-order chi connectivity index (χ1) is 14.2. The van der Waals surface area contributed by atoms with Gasteiger partial charge in [0, 0.05) is 24.8 Å². The molecule has 0 unspecified atom stereocenters. The van der Waals surface area contributed by atoms with Crippen molar-refractivity contribution in [1.82, 2.24) is 9.62 Å². The Morgan fingerprint density at radius 1 is 0.900 bits per heavy atom. The predicted octanol–water partition coefficient (Wildman–Crippen LogP) is 4.13. The van der Waals surface area contributed by atoms with Crippen LogP contribution in [0.1, 0.15) is 57.7 Å². The van der Waals surface area contributed by atoms with E-state index in [4.69, 9.17) is 0 Å². The Morgan fingerprint density at radius 3 is 1.93 bits per heavy atom. The largest absolute Gasteiger partial charge is 0.325 e. The third-order valence-corrected chi connectivity index (χ3v) is 7.22. The Kier molecular flexibility index (Phi) is 8.58. The molecule has 6 nitrogen and oxygen atoms in total. The normalized spacial score (nSPS) is 12.9. The molecular weight excluding hydrogens is 398 g/mol. The molecule has 7 heteroatoms. The molecule has 0 saturated carbocycles. The topological polar surface area (TPSA) is 78.5 Å². The molecule has 2 rings (SSSR count). The van der Waals surface area contributed by atoms with Gasteiger partial charge in [-0.05, 0) is 48.2 Å². The maximum Gasteiger partial charge on any atom is 0.243 e. The van der Waals surface area contributed by atoms with Crippen molar-refractivity contribution in [2.24, 2.45) is 0 Å². The fourth-order valence-corrected chi connectivity index (χ4v) is 4.62. The van der Waals surface area contributed by atoms with Crippen molar-refractivity contribution in [3.63, 3.8) is 0 Å². The maximum absolute atomic E-state index is 12.6. The van der Waals surface area contributed by atoms with E-state index in [2.05, 4.69) is 24.5 Å². The Bertz CT molecular complexity index is 919. The predicted molar refractivity (Wildman–Crippen MR) is 122 cm³/mol. The quantitative estimate of drug-likeness (QED) is 0.593. The summed E-state index contributed by atoms with van der Waals surface area (Å²) in [6, 6.07) is 14.6. The lowest BCUT2D eigenvalue weighted by Crippen LogP contribution is -2.31. The van der Waals surface area contributed by atoms with Crippen LogP contribution < -0.4 is 10.6 Å². The molecule has 0 aromatic heterocycles. The van der Waals surface area contributed by atoms with Crippen molar-refractivity contribution in [1.29, 1.82) is 0 Å². The second kappa shape index (κ2) is 10.7. The van der Waals surface area contributed by atoms with E-state index < -0.39 is 10.0 Å². The summed E-state index contributed by atoms with van der Waals surface area (Å²) in [6.07, 6.45) is 0. The lowest BCUT2D eigenvalue weighted by atomic mass is 10.0. The number of anilines is 1. The summed E-state index contributed by atoms with van der Waals surface area (Å²) in [5.74, 6) is 0.325. The Morgan fingerprint density at radius 2 is 1.43 bits per heavy atom. The zero-order chi connectivity index (χ0) is 22.3. The lowest BCUT2D eigenvalue weighted by Gasteiger charge is -2.19.